The average molecular weight is 266 g/mol. The Kier molecular flexibility index (Phi) is 1.96. The third-order valence-corrected chi connectivity index (χ3v) is 5.95. The summed E-state index contributed by atoms with van der Waals surface area (Å²) >= 11 is 0. The van der Waals surface area contributed by atoms with Gasteiger partial charge in [0.05, 0.1) is 30.4 Å². The van der Waals surface area contributed by atoms with Crippen LogP contribution in [-0.2, 0) is 0 Å². The van der Waals surface area contributed by atoms with Crippen molar-refractivity contribution < 1.29 is 5.11 Å². The van der Waals surface area contributed by atoms with E-state index in [9.17, 15) is 5.11 Å². The predicted octanol–water partition coefficient (Wildman–Crippen LogP) is 3.00. The van der Waals surface area contributed by atoms with Crippen molar-refractivity contribution in [3.63, 3.8) is 0 Å². The second kappa shape index (κ2) is 3.53. The Morgan fingerprint density at radius 2 is 2.10 bits per heavy atom. The van der Waals surface area contributed by atoms with Gasteiger partial charge in [0.25, 0.3) is 0 Å². The molecule has 3 heteroatoms. The Bertz CT molecular complexity index is 686. The molecule has 0 saturated heterocycles. The van der Waals surface area contributed by atoms with Crippen LogP contribution in [0.3, 0.4) is 0 Å². The number of hydrogen-bond donors (Lipinski definition) is 1. The molecule has 0 bridgehead atoms. The molecular formula is C17H18N2O. The number of benzene rings is 1. The van der Waals surface area contributed by atoms with Crippen LogP contribution in [0.25, 0.3) is 11.3 Å². The normalized spacial score (nSPS) is 32.4. The van der Waals surface area contributed by atoms with Crippen LogP contribution < -0.4 is 0 Å². The molecule has 2 heterocycles. The molecule has 1 aromatic carbocycles. The molecule has 2 aromatic rings. The van der Waals surface area contributed by atoms with E-state index in [4.69, 9.17) is 0 Å². The maximum absolute atomic E-state index is 10.7. The number of imidazole rings is 1. The van der Waals surface area contributed by atoms with Crippen LogP contribution >= 0.6 is 0 Å². The van der Waals surface area contributed by atoms with E-state index in [-0.39, 0.29) is 17.6 Å². The zero-order chi connectivity index (χ0) is 13.3. The van der Waals surface area contributed by atoms with Crippen molar-refractivity contribution >= 4 is 0 Å². The fourth-order valence-electron chi connectivity index (χ4n) is 4.72. The van der Waals surface area contributed by atoms with Crippen LogP contribution in [0.2, 0.25) is 0 Å². The smallest absolute Gasteiger partial charge is 0.0956 e. The Balaban J connectivity index is 1.59. The van der Waals surface area contributed by atoms with Crippen molar-refractivity contribution in [1.82, 2.24) is 9.55 Å². The van der Waals surface area contributed by atoms with Crippen molar-refractivity contribution in [3.8, 4) is 11.3 Å². The van der Waals surface area contributed by atoms with Crippen LogP contribution in [0.4, 0.5) is 0 Å². The highest BCUT2D eigenvalue weighted by atomic mass is 16.3. The van der Waals surface area contributed by atoms with Gasteiger partial charge in [-0.2, -0.15) is 0 Å². The van der Waals surface area contributed by atoms with Crippen molar-refractivity contribution in [2.24, 2.45) is 11.3 Å². The molecule has 0 unspecified atom stereocenters. The van der Waals surface area contributed by atoms with Crippen LogP contribution in [0.5, 0.6) is 0 Å². The summed E-state index contributed by atoms with van der Waals surface area (Å²) in [4.78, 5) is 4.31. The zero-order valence-corrected chi connectivity index (χ0v) is 11.4. The highest BCUT2D eigenvalue weighted by molar-refractivity contribution is 5.69. The quantitative estimate of drug-likeness (QED) is 0.861. The highest BCUT2D eigenvalue weighted by Gasteiger charge is 2.59. The monoisotopic (exact) mass is 266 g/mol. The van der Waals surface area contributed by atoms with Crippen LogP contribution in [0.15, 0.2) is 36.8 Å². The molecule has 1 aliphatic heterocycles. The Hall–Kier alpha value is -1.61. The predicted molar refractivity (Wildman–Crippen MR) is 76.2 cm³/mol. The Morgan fingerprint density at radius 1 is 1.25 bits per heavy atom. The highest BCUT2D eigenvalue weighted by Crippen LogP contribution is 2.63. The van der Waals surface area contributed by atoms with E-state index < -0.39 is 0 Å². The SMILES string of the molecule is O[C@H]1[C@@H]([C@@H]2c3ccccc3-c3cncn32)CC12CCC2. The molecule has 2 saturated carbocycles. The van der Waals surface area contributed by atoms with E-state index in [0.29, 0.717) is 5.92 Å². The van der Waals surface area contributed by atoms with Gasteiger partial charge in [0.1, 0.15) is 0 Å². The van der Waals surface area contributed by atoms with Crippen molar-refractivity contribution in [2.75, 3.05) is 0 Å². The van der Waals surface area contributed by atoms with Crippen LogP contribution in [-0.4, -0.2) is 20.8 Å². The van der Waals surface area contributed by atoms with E-state index in [2.05, 4.69) is 33.8 Å². The molecule has 1 aromatic heterocycles. The summed E-state index contributed by atoms with van der Waals surface area (Å²) < 4.78 is 2.27. The van der Waals surface area contributed by atoms with Gasteiger partial charge in [0.15, 0.2) is 0 Å². The summed E-state index contributed by atoms with van der Waals surface area (Å²) in [6.07, 6.45) is 8.64. The lowest BCUT2D eigenvalue weighted by atomic mass is 9.48. The second-order valence-corrected chi connectivity index (χ2v) is 6.75. The number of aliphatic hydroxyl groups is 1. The first-order chi connectivity index (χ1) is 9.80. The summed E-state index contributed by atoms with van der Waals surface area (Å²) in [7, 11) is 0. The molecule has 5 rings (SSSR count). The lowest BCUT2D eigenvalue weighted by Crippen LogP contribution is -2.58. The molecule has 1 N–H and O–H groups in total. The number of aromatic nitrogens is 2. The molecule has 2 fully saturated rings. The summed E-state index contributed by atoms with van der Waals surface area (Å²) in [5.74, 6) is 0.354. The Morgan fingerprint density at radius 3 is 2.85 bits per heavy atom. The number of fused-ring (bicyclic) bond motifs is 3. The average Bonchev–Trinajstić information content (AvgIpc) is 2.98. The van der Waals surface area contributed by atoms with Gasteiger partial charge >= 0.3 is 0 Å². The third kappa shape index (κ3) is 1.14. The molecule has 0 amide bonds. The largest absolute Gasteiger partial charge is 0.392 e. The topological polar surface area (TPSA) is 38.1 Å². The van der Waals surface area contributed by atoms with Gasteiger partial charge in [-0.1, -0.05) is 30.7 Å². The van der Waals surface area contributed by atoms with Gasteiger partial charge in [-0.25, -0.2) is 4.98 Å². The number of hydrogen-bond acceptors (Lipinski definition) is 2. The van der Waals surface area contributed by atoms with E-state index in [1.165, 1.54) is 42.5 Å². The van der Waals surface area contributed by atoms with E-state index >= 15 is 0 Å². The Labute approximate surface area is 118 Å². The van der Waals surface area contributed by atoms with Crippen molar-refractivity contribution in [1.29, 1.82) is 0 Å². The maximum Gasteiger partial charge on any atom is 0.0956 e. The molecular weight excluding hydrogens is 248 g/mol. The van der Waals surface area contributed by atoms with Gasteiger partial charge in [0, 0.05) is 11.5 Å². The van der Waals surface area contributed by atoms with E-state index in [0.717, 1.165) is 0 Å². The minimum absolute atomic E-state index is 0.136. The van der Waals surface area contributed by atoms with Gasteiger partial charge < -0.3 is 9.67 Å². The molecule has 3 nitrogen and oxygen atoms in total. The number of rotatable bonds is 1. The molecule has 3 aliphatic rings. The van der Waals surface area contributed by atoms with Crippen LogP contribution in [0.1, 0.15) is 37.3 Å². The molecule has 2 aliphatic carbocycles. The summed E-state index contributed by atoms with van der Waals surface area (Å²) in [6, 6.07) is 8.86. The standard InChI is InChI=1S/C17H18N2O/c20-16-13(8-17(16)6-3-7-17)15-12-5-2-1-4-11(12)14-9-18-10-19(14)15/h1-2,4-5,9-10,13,15-16,20H,3,6-8H2/t13-,15+,16+/m1/s1. The third-order valence-electron chi connectivity index (χ3n) is 5.95. The van der Waals surface area contributed by atoms with Crippen LogP contribution in [0, 0.1) is 11.3 Å². The summed E-state index contributed by atoms with van der Waals surface area (Å²) in [5.41, 5.74) is 4.12. The minimum atomic E-state index is -0.136. The first-order valence-corrected chi connectivity index (χ1v) is 7.59. The first-order valence-electron chi connectivity index (χ1n) is 7.59. The van der Waals surface area contributed by atoms with Gasteiger partial charge in [0.2, 0.25) is 0 Å². The fraction of sp³-hybridized carbons (Fsp3) is 0.471. The van der Waals surface area contributed by atoms with Gasteiger partial charge in [-0.3, -0.25) is 0 Å². The maximum atomic E-state index is 10.7. The molecule has 20 heavy (non-hydrogen) atoms. The lowest BCUT2D eigenvalue weighted by molar-refractivity contribution is -0.173. The first kappa shape index (κ1) is 11.1. The molecule has 102 valence electrons. The van der Waals surface area contributed by atoms with Crippen molar-refractivity contribution in [2.45, 2.75) is 37.8 Å². The number of aliphatic hydroxyl groups excluding tert-OH is 1. The summed E-state index contributed by atoms with van der Waals surface area (Å²) in [5, 5.41) is 10.7. The van der Waals surface area contributed by atoms with Gasteiger partial charge in [-0.15, -0.1) is 0 Å². The fourth-order valence-corrected chi connectivity index (χ4v) is 4.72. The van der Waals surface area contributed by atoms with E-state index in [1.54, 1.807) is 0 Å². The minimum Gasteiger partial charge on any atom is -0.392 e. The molecule has 1 spiro atoms. The zero-order valence-electron chi connectivity index (χ0n) is 11.4. The van der Waals surface area contributed by atoms with Crippen molar-refractivity contribution in [3.05, 3.63) is 42.4 Å². The number of nitrogens with zero attached hydrogens (tertiary/aromatic N) is 2. The lowest BCUT2D eigenvalue weighted by Gasteiger charge is -2.60. The molecule has 0 radical (unpaired) electrons. The molecule has 3 atom stereocenters. The van der Waals surface area contributed by atoms with E-state index in [1.807, 2.05) is 12.5 Å². The summed E-state index contributed by atoms with van der Waals surface area (Å²) in [6.45, 7) is 0. The second-order valence-electron chi connectivity index (χ2n) is 6.75. The van der Waals surface area contributed by atoms with Gasteiger partial charge in [-0.05, 0) is 30.2 Å².